The summed E-state index contributed by atoms with van der Waals surface area (Å²) in [4.78, 5) is 18.5. The zero-order valence-corrected chi connectivity index (χ0v) is 23.4. The van der Waals surface area contributed by atoms with Crippen LogP contribution in [-0.4, -0.2) is 84.5 Å². The second-order valence-electron chi connectivity index (χ2n) is 11.2. The highest BCUT2D eigenvalue weighted by Gasteiger charge is 2.35. The molecule has 3 aliphatic rings. The molecule has 0 aliphatic carbocycles. The Morgan fingerprint density at radius 3 is 2.60 bits per heavy atom. The minimum absolute atomic E-state index is 0.165. The van der Waals surface area contributed by atoms with Gasteiger partial charge in [0.1, 0.15) is 23.6 Å². The first kappa shape index (κ1) is 25.8. The van der Waals surface area contributed by atoms with E-state index in [1.165, 1.54) is 0 Å². The van der Waals surface area contributed by atoms with Gasteiger partial charge in [0.25, 0.3) is 0 Å². The van der Waals surface area contributed by atoms with Crippen molar-refractivity contribution in [2.75, 3.05) is 45.3 Å². The van der Waals surface area contributed by atoms with Gasteiger partial charge in [0.15, 0.2) is 5.82 Å². The molecule has 40 heavy (non-hydrogen) atoms. The van der Waals surface area contributed by atoms with Crippen LogP contribution < -0.4 is 15.0 Å². The highest BCUT2D eigenvalue weighted by Crippen LogP contribution is 2.38. The number of hydrogen-bond acceptors (Lipinski definition) is 8. The number of nitrogens with zero attached hydrogens (tertiary/aromatic N) is 5. The average molecular weight is 563 g/mol. The summed E-state index contributed by atoms with van der Waals surface area (Å²) in [5, 5.41) is 6.47. The summed E-state index contributed by atoms with van der Waals surface area (Å²) in [5.41, 5.74) is 1.04. The van der Waals surface area contributed by atoms with Gasteiger partial charge in [-0.2, -0.15) is 9.97 Å². The third kappa shape index (κ3) is 4.55. The predicted molar refractivity (Wildman–Crippen MR) is 155 cm³/mol. The highest BCUT2D eigenvalue weighted by molar-refractivity contribution is 6.36. The largest absolute Gasteiger partial charge is 0.462 e. The molecular formula is C30H32ClFN6O2. The zero-order valence-electron chi connectivity index (χ0n) is 22.6. The molecule has 2 bridgehead atoms. The summed E-state index contributed by atoms with van der Waals surface area (Å²) in [6.45, 7) is 2.83. The second kappa shape index (κ2) is 10.4. The van der Waals surface area contributed by atoms with E-state index in [2.05, 4.69) is 32.1 Å². The molecule has 0 amide bonds. The second-order valence-corrected chi connectivity index (χ2v) is 11.6. The van der Waals surface area contributed by atoms with Gasteiger partial charge in [-0.05, 0) is 37.8 Å². The Morgan fingerprint density at radius 1 is 1.07 bits per heavy atom. The molecule has 7 rings (SSSR count). The van der Waals surface area contributed by atoms with Crippen LogP contribution in [0.1, 0.15) is 19.3 Å². The summed E-state index contributed by atoms with van der Waals surface area (Å²) >= 11 is 6.58. The normalized spacial score (nSPS) is 24.9. The summed E-state index contributed by atoms with van der Waals surface area (Å²) in [6.07, 6.45) is 4.97. The lowest BCUT2D eigenvalue weighted by atomic mass is 10.0. The van der Waals surface area contributed by atoms with Crippen LogP contribution in [0.15, 0.2) is 42.6 Å². The van der Waals surface area contributed by atoms with Gasteiger partial charge in [-0.15, -0.1) is 0 Å². The van der Waals surface area contributed by atoms with Crippen LogP contribution in [0.2, 0.25) is 5.02 Å². The van der Waals surface area contributed by atoms with Gasteiger partial charge >= 0.3 is 6.01 Å². The molecule has 8 nitrogen and oxygen atoms in total. The van der Waals surface area contributed by atoms with Gasteiger partial charge in [-0.3, -0.25) is 9.88 Å². The van der Waals surface area contributed by atoms with E-state index in [-0.39, 0.29) is 29.4 Å². The van der Waals surface area contributed by atoms with E-state index < -0.39 is 5.82 Å². The number of hydrogen-bond donors (Lipinski definition) is 1. The van der Waals surface area contributed by atoms with Crippen LogP contribution in [0.25, 0.3) is 32.9 Å². The zero-order chi connectivity index (χ0) is 27.4. The monoisotopic (exact) mass is 562 g/mol. The van der Waals surface area contributed by atoms with Crippen molar-refractivity contribution in [3.63, 3.8) is 0 Å². The van der Waals surface area contributed by atoms with E-state index in [1.807, 2.05) is 36.4 Å². The molecule has 1 N–H and O–H groups in total. The van der Waals surface area contributed by atoms with E-state index >= 15 is 4.39 Å². The number of ether oxygens (including phenoxy) is 2. The van der Waals surface area contributed by atoms with Gasteiger partial charge in [0.05, 0.1) is 11.5 Å². The SMILES string of the molecule is CO[C@H]1C[C@@H](COc2nc(N3C[C@H]4CC[C@@H](C3)N4)c3cnc(-c4cccc5cccc(Cl)c45)c(F)c3n2)N(C)C1. The number of anilines is 1. The van der Waals surface area contributed by atoms with Crippen molar-refractivity contribution in [3.8, 4) is 17.3 Å². The first-order valence-corrected chi connectivity index (χ1v) is 14.3. The van der Waals surface area contributed by atoms with Crippen molar-refractivity contribution in [2.45, 2.75) is 43.5 Å². The number of methoxy groups -OCH3 is 1. The first-order valence-electron chi connectivity index (χ1n) is 13.9. The summed E-state index contributed by atoms with van der Waals surface area (Å²) in [6, 6.07) is 12.5. The minimum Gasteiger partial charge on any atom is -0.462 e. The number of nitrogens with one attached hydrogen (secondary N) is 1. The van der Waals surface area contributed by atoms with Gasteiger partial charge < -0.3 is 19.7 Å². The van der Waals surface area contributed by atoms with E-state index in [0.29, 0.717) is 40.5 Å². The van der Waals surface area contributed by atoms with E-state index in [1.54, 1.807) is 13.3 Å². The Kier molecular flexibility index (Phi) is 6.70. The fourth-order valence-electron chi connectivity index (χ4n) is 6.54. The number of fused-ring (bicyclic) bond motifs is 4. The van der Waals surface area contributed by atoms with Gasteiger partial charge in [0.2, 0.25) is 0 Å². The molecule has 3 saturated heterocycles. The summed E-state index contributed by atoms with van der Waals surface area (Å²) in [5.74, 6) is 0.163. The van der Waals surface area contributed by atoms with Crippen molar-refractivity contribution in [3.05, 3.63) is 53.4 Å². The summed E-state index contributed by atoms with van der Waals surface area (Å²) in [7, 11) is 3.79. The van der Waals surface area contributed by atoms with Crippen LogP contribution in [0.4, 0.5) is 10.2 Å². The molecule has 0 radical (unpaired) electrons. The molecule has 4 aromatic rings. The number of rotatable bonds is 6. The van der Waals surface area contributed by atoms with E-state index in [4.69, 9.17) is 26.1 Å². The van der Waals surface area contributed by atoms with Crippen molar-refractivity contribution in [1.82, 2.24) is 25.2 Å². The molecule has 10 heteroatoms. The molecular weight excluding hydrogens is 531 g/mol. The molecule has 0 saturated carbocycles. The summed E-state index contributed by atoms with van der Waals surface area (Å²) < 4.78 is 28.2. The van der Waals surface area contributed by atoms with Crippen molar-refractivity contribution in [1.29, 1.82) is 0 Å². The van der Waals surface area contributed by atoms with Crippen LogP contribution in [0.5, 0.6) is 6.01 Å². The Labute approximate surface area is 237 Å². The van der Waals surface area contributed by atoms with Crippen molar-refractivity contribution < 1.29 is 13.9 Å². The fourth-order valence-corrected chi connectivity index (χ4v) is 6.83. The maximum absolute atomic E-state index is 16.5. The average Bonchev–Trinajstić information content (AvgIpc) is 3.51. The van der Waals surface area contributed by atoms with Crippen LogP contribution in [-0.2, 0) is 4.74 Å². The number of piperazine rings is 1. The molecule has 3 aliphatic heterocycles. The Hall–Kier alpha value is -3.11. The van der Waals surface area contributed by atoms with Crippen LogP contribution >= 0.6 is 11.6 Å². The smallest absolute Gasteiger partial charge is 0.319 e. The molecule has 2 aromatic heterocycles. The predicted octanol–water partition coefficient (Wildman–Crippen LogP) is 4.68. The molecule has 0 spiro atoms. The van der Waals surface area contributed by atoms with Crippen molar-refractivity contribution >= 4 is 39.1 Å². The third-order valence-electron chi connectivity index (χ3n) is 8.66. The number of aromatic nitrogens is 3. The molecule has 3 fully saturated rings. The highest BCUT2D eigenvalue weighted by atomic mass is 35.5. The lowest BCUT2D eigenvalue weighted by Crippen LogP contribution is -2.51. The van der Waals surface area contributed by atoms with E-state index in [0.717, 1.165) is 49.7 Å². The Morgan fingerprint density at radius 2 is 1.85 bits per heavy atom. The lowest BCUT2D eigenvalue weighted by Gasteiger charge is -2.34. The molecule has 5 heterocycles. The quantitative estimate of drug-likeness (QED) is 0.363. The number of pyridine rings is 1. The maximum Gasteiger partial charge on any atom is 0.319 e. The fraction of sp³-hybridized carbons (Fsp3) is 0.433. The molecule has 208 valence electrons. The number of benzene rings is 2. The van der Waals surface area contributed by atoms with Gasteiger partial charge in [-0.25, -0.2) is 4.39 Å². The van der Waals surface area contributed by atoms with Crippen LogP contribution in [0, 0.1) is 5.82 Å². The number of halogens is 2. The number of likely N-dealkylation sites (N-methyl/N-ethyl adjacent to an activating group) is 1. The molecule has 0 unspecified atom stereocenters. The topological polar surface area (TPSA) is 75.6 Å². The minimum atomic E-state index is -0.506. The van der Waals surface area contributed by atoms with Gasteiger partial charge in [-0.1, -0.05) is 41.9 Å². The Balaban J connectivity index is 1.32. The van der Waals surface area contributed by atoms with E-state index in [9.17, 15) is 0 Å². The lowest BCUT2D eigenvalue weighted by molar-refractivity contribution is 0.111. The van der Waals surface area contributed by atoms with Crippen molar-refractivity contribution in [2.24, 2.45) is 0 Å². The number of likely N-dealkylation sites (tertiary alicyclic amines) is 1. The molecule has 2 aromatic carbocycles. The molecule has 4 atom stereocenters. The third-order valence-corrected chi connectivity index (χ3v) is 8.97. The van der Waals surface area contributed by atoms with Crippen LogP contribution in [0.3, 0.4) is 0 Å². The maximum atomic E-state index is 16.5. The Bertz CT molecular complexity index is 1570. The standard InChI is InChI=1S/C30H32ClFN6O2/c1-37-15-21(39-2)11-20(37)16-40-30-35-28-23(29(36-30)38-13-18-9-10-19(14-38)34-18)12-33-27(26(28)32)22-7-3-5-17-6-4-8-24(31)25(17)22/h3-8,12,18-21,34H,9-11,13-16H2,1-2H3/t18-,19+,20-,21-/m0/s1. The van der Waals surface area contributed by atoms with Gasteiger partial charge in [0, 0.05) is 67.0 Å². The first-order chi connectivity index (χ1) is 19.5.